The van der Waals surface area contributed by atoms with Gasteiger partial charge in [0.05, 0.1) is 27.8 Å². The van der Waals surface area contributed by atoms with Crippen LogP contribution in [-0.4, -0.2) is 33.1 Å². The van der Waals surface area contributed by atoms with Gasteiger partial charge < -0.3 is 18.6 Å². The van der Waals surface area contributed by atoms with Crippen molar-refractivity contribution >= 4 is 22.8 Å². The highest BCUT2D eigenvalue weighted by Crippen LogP contribution is 2.39. The van der Waals surface area contributed by atoms with E-state index >= 15 is 0 Å². The number of furan rings is 1. The van der Waals surface area contributed by atoms with Gasteiger partial charge in [-0.1, -0.05) is 24.3 Å². The number of hydrogen-bond donors (Lipinski definition) is 2. The van der Waals surface area contributed by atoms with E-state index in [0.29, 0.717) is 34.0 Å². The largest absolute Gasteiger partial charge is 0.493 e. The minimum atomic E-state index is -0.536. The second-order valence-corrected chi connectivity index (χ2v) is 6.22. The van der Waals surface area contributed by atoms with Crippen LogP contribution in [0.3, 0.4) is 0 Å². The molecule has 0 radical (unpaired) electrons. The summed E-state index contributed by atoms with van der Waals surface area (Å²) in [4.78, 5) is 24.8. The summed E-state index contributed by atoms with van der Waals surface area (Å²) in [6.45, 7) is 1.79. The molecular formula is C21H22N2O6. The van der Waals surface area contributed by atoms with Crippen molar-refractivity contribution in [2.75, 3.05) is 21.3 Å². The number of carbonyl (C=O) groups excluding carboxylic acids is 2. The molecule has 29 heavy (non-hydrogen) atoms. The lowest BCUT2D eigenvalue weighted by Crippen LogP contribution is -2.42. The van der Waals surface area contributed by atoms with Gasteiger partial charge >= 0.3 is 5.91 Å². The summed E-state index contributed by atoms with van der Waals surface area (Å²) in [6, 6.07) is 10.7. The van der Waals surface area contributed by atoms with Gasteiger partial charge in [-0.15, -0.1) is 0 Å². The van der Waals surface area contributed by atoms with Crippen LogP contribution in [0.5, 0.6) is 17.2 Å². The maximum absolute atomic E-state index is 12.4. The van der Waals surface area contributed by atoms with E-state index in [9.17, 15) is 9.59 Å². The molecule has 1 heterocycles. The molecule has 0 unspecified atom stereocenters. The van der Waals surface area contributed by atoms with Crippen molar-refractivity contribution in [2.24, 2.45) is 0 Å². The van der Waals surface area contributed by atoms with E-state index in [1.807, 2.05) is 18.2 Å². The number of benzene rings is 2. The Hall–Kier alpha value is -3.68. The number of nitrogens with one attached hydrogen (secondary N) is 2. The van der Waals surface area contributed by atoms with E-state index < -0.39 is 11.8 Å². The number of para-hydroxylation sites is 1. The first-order valence-corrected chi connectivity index (χ1v) is 8.85. The zero-order valence-electron chi connectivity index (χ0n) is 16.6. The lowest BCUT2D eigenvalue weighted by atomic mass is 10.1. The normalized spacial score (nSPS) is 10.5. The second-order valence-electron chi connectivity index (χ2n) is 6.22. The number of fused-ring (bicyclic) bond motifs is 1. The van der Waals surface area contributed by atoms with Crippen LogP contribution in [0.25, 0.3) is 11.0 Å². The predicted molar refractivity (Wildman–Crippen MR) is 106 cm³/mol. The smallest absolute Gasteiger partial charge is 0.305 e. The third-order valence-corrected chi connectivity index (χ3v) is 4.50. The molecule has 3 aromatic rings. The van der Waals surface area contributed by atoms with E-state index in [0.717, 1.165) is 5.39 Å². The summed E-state index contributed by atoms with van der Waals surface area (Å²) in [5, 5.41) is 0.846. The van der Waals surface area contributed by atoms with Gasteiger partial charge in [0.1, 0.15) is 5.58 Å². The summed E-state index contributed by atoms with van der Waals surface area (Å²) in [7, 11) is 4.48. The summed E-state index contributed by atoms with van der Waals surface area (Å²) >= 11 is 0. The molecule has 0 atom stereocenters. The summed E-state index contributed by atoms with van der Waals surface area (Å²) < 4.78 is 21.5. The van der Waals surface area contributed by atoms with Gasteiger partial charge in [-0.05, 0) is 19.1 Å². The molecular weight excluding hydrogens is 376 g/mol. The number of hydrogen-bond acceptors (Lipinski definition) is 6. The number of carbonyl (C=O) groups is 2. The molecule has 0 aliphatic carbocycles. The molecule has 0 spiro atoms. The van der Waals surface area contributed by atoms with Crippen molar-refractivity contribution in [2.45, 2.75) is 13.3 Å². The monoisotopic (exact) mass is 398 g/mol. The number of ether oxygens (including phenoxy) is 3. The van der Waals surface area contributed by atoms with E-state index in [1.54, 1.807) is 25.1 Å². The SMILES string of the molecule is COc1ccc(CC(=O)NNC(=O)c2oc3ccccc3c2C)c(OC)c1OC. The van der Waals surface area contributed by atoms with Gasteiger partial charge in [0.15, 0.2) is 17.3 Å². The van der Waals surface area contributed by atoms with Gasteiger partial charge in [-0.3, -0.25) is 20.4 Å². The first-order chi connectivity index (χ1) is 14.0. The van der Waals surface area contributed by atoms with Crippen molar-refractivity contribution in [1.82, 2.24) is 10.9 Å². The third-order valence-electron chi connectivity index (χ3n) is 4.50. The number of rotatable bonds is 6. The summed E-state index contributed by atoms with van der Waals surface area (Å²) in [6.07, 6.45) is -0.0388. The number of aryl methyl sites for hydroxylation is 1. The van der Waals surface area contributed by atoms with Crippen molar-refractivity contribution in [3.05, 3.63) is 53.3 Å². The molecule has 0 aliphatic heterocycles. The minimum absolute atomic E-state index is 0.0388. The molecule has 2 aromatic carbocycles. The van der Waals surface area contributed by atoms with Crippen LogP contribution in [-0.2, 0) is 11.2 Å². The summed E-state index contributed by atoms with van der Waals surface area (Å²) in [5.41, 5.74) is 6.66. The van der Waals surface area contributed by atoms with Crippen LogP contribution >= 0.6 is 0 Å². The number of methoxy groups -OCH3 is 3. The Balaban J connectivity index is 1.70. The van der Waals surface area contributed by atoms with Gasteiger partial charge in [-0.2, -0.15) is 0 Å². The predicted octanol–water partition coefficient (Wildman–Crippen LogP) is 2.77. The molecule has 0 fully saturated rings. The molecule has 8 nitrogen and oxygen atoms in total. The Kier molecular flexibility index (Phi) is 5.92. The van der Waals surface area contributed by atoms with Crippen molar-refractivity contribution in [3.63, 3.8) is 0 Å². The maximum Gasteiger partial charge on any atom is 0.305 e. The zero-order valence-corrected chi connectivity index (χ0v) is 16.6. The lowest BCUT2D eigenvalue weighted by Gasteiger charge is -2.15. The van der Waals surface area contributed by atoms with Gasteiger partial charge in [0, 0.05) is 16.5 Å². The molecule has 0 bridgehead atoms. The molecule has 8 heteroatoms. The molecule has 152 valence electrons. The molecule has 0 saturated carbocycles. The van der Waals surface area contributed by atoms with Crippen LogP contribution < -0.4 is 25.1 Å². The van der Waals surface area contributed by atoms with Crippen LogP contribution in [0, 0.1) is 6.92 Å². The Morgan fingerprint density at radius 3 is 2.31 bits per heavy atom. The Morgan fingerprint density at radius 1 is 0.931 bits per heavy atom. The molecule has 2 N–H and O–H groups in total. The van der Waals surface area contributed by atoms with Crippen LogP contribution in [0.1, 0.15) is 21.7 Å². The maximum atomic E-state index is 12.4. The Labute approximate surface area is 167 Å². The van der Waals surface area contributed by atoms with E-state index in [4.69, 9.17) is 18.6 Å². The molecule has 0 aliphatic rings. The van der Waals surface area contributed by atoms with Gasteiger partial charge in [0.2, 0.25) is 11.7 Å². The average Bonchev–Trinajstić information content (AvgIpc) is 3.08. The van der Waals surface area contributed by atoms with Gasteiger partial charge in [-0.25, -0.2) is 0 Å². The highest BCUT2D eigenvalue weighted by atomic mass is 16.5. The lowest BCUT2D eigenvalue weighted by molar-refractivity contribution is -0.121. The van der Waals surface area contributed by atoms with Crippen LogP contribution in [0.2, 0.25) is 0 Å². The number of hydrazine groups is 1. The first kappa shape index (κ1) is 20.1. The molecule has 1 aromatic heterocycles. The Morgan fingerprint density at radius 2 is 1.66 bits per heavy atom. The highest BCUT2D eigenvalue weighted by molar-refractivity contribution is 5.99. The van der Waals surface area contributed by atoms with Crippen molar-refractivity contribution < 1.29 is 28.2 Å². The number of amides is 2. The fourth-order valence-electron chi connectivity index (χ4n) is 3.09. The first-order valence-electron chi connectivity index (χ1n) is 8.85. The average molecular weight is 398 g/mol. The second kappa shape index (κ2) is 8.55. The van der Waals surface area contributed by atoms with E-state index in [-0.39, 0.29) is 12.2 Å². The topological polar surface area (TPSA) is 99.0 Å². The van der Waals surface area contributed by atoms with Crippen LogP contribution in [0.4, 0.5) is 0 Å². The molecule has 3 rings (SSSR count). The van der Waals surface area contributed by atoms with Crippen LogP contribution in [0.15, 0.2) is 40.8 Å². The quantitative estimate of drug-likeness (QED) is 0.620. The molecule has 0 saturated heterocycles. The molecule has 2 amide bonds. The fraction of sp³-hybridized carbons (Fsp3) is 0.238. The minimum Gasteiger partial charge on any atom is -0.493 e. The van der Waals surface area contributed by atoms with E-state index in [2.05, 4.69) is 10.9 Å². The summed E-state index contributed by atoms with van der Waals surface area (Å²) in [5.74, 6) is 0.449. The zero-order chi connectivity index (χ0) is 21.0. The van der Waals surface area contributed by atoms with Gasteiger partial charge in [0.25, 0.3) is 0 Å². The van der Waals surface area contributed by atoms with E-state index in [1.165, 1.54) is 21.3 Å². The fourth-order valence-corrected chi connectivity index (χ4v) is 3.09. The van der Waals surface area contributed by atoms with Crippen molar-refractivity contribution in [1.29, 1.82) is 0 Å². The van der Waals surface area contributed by atoms with Crippen molar-refractivity contribution in [3.8, 4) is 17.2 Å². The standard InChI is InChI=1S/C21H22N2O6/c1-12-14-7-5-6-8-15(14)29-18(12)21(25)23-22-17(24)11-13-9-10-16(26-2)20(28-4)19(13)27-3/h5-10H,11H2,1-4H3,(H,22,24)(H,23,25). The Bertz CT molecular complexity index is 1060. The third kappa shape index (κ3) is 3.96. The highest BCUT2D eigenvalue weighted by Gasteiger charge is 2.20.